The number of amides is 1. The van der Waals surface area contributed by atoms with Crippen LogP contribution in [-0.2, 0) is 14.4 Å². The normalized spacial score (nSPS) is 25.7. The van der Waals surface area contributed by atoms with Crippen molar-refractivity contribution >= 4 is 23.4 Å². The van der Waals surface area contributed by atoms with Gasteiger partial charge in [0.2, 0.25) is 11.7 Å². The number of unbranched alkanes of at least 4 members (excludes halogenated alkanes) is 2. The van der Waals surface area contributed by atoms with Gasteiger partial charge in [-0.05, 0) is 99.1 Å². The lowest BCUT2D eigenvalue weighted by molar-refractivity contribution is -0.257. The van der Waals surface area contributed by atoms with E-state index in [1.165, 1.54) is 30.6 Å². The highest BCUT2D eigenvalue weighted by Gasteiger charge is 2.65. The molecule has 0 spiro atoms. The summed E-state index contributed by atoms with van der Waals surface area (Å²) in [7, 11) is 0. The van der Waals surface area contributed by atoms with Gasteiger partial charge in [0.1, 0.15) is 24.1 Å². The van der Waals surface area contributed by atoms with Gasteiger partial charge in [-0.15, -0.1) is 18.3 Å². The van der Waals surface area contributed by atoms with Gasteiger partial charge in [0.05, 0.1) is 24.8 Å². The molecule has 0 unspecified atom stereocenters. The lowest BCUT2D eigenvalue weighted by Gasteiger charge is -2.60. The van der Waals surface area contributed by atoms with Crippen molar-refractivity contribution in [2.24, 2.45) is 28.8 Å². The summed E-state index contributed by atoms with van der Waals surface area (Å²) in [5, 5.41) is 24.6. The molecule has 9 nitrogen and oxygen atoms in total. The van der Waals surface area contributed by atoms with Crippen LogP contribution in [0.15, 0.2) is 82.9 Å². The molecule has 4 aliphatic rings. The van der Waals surface area contributed by atoms with E-state index in [1.807, 2.05) is 25.1 Å². The van der Waals surface area contributed by atoms with Crippen molar-refractivity contribution in [2.45, 2.75) is 126 Å². The number of aliphatic hydroxyl groups excluding tert-OH is 2. The van der Waals surface area contributed by atoms with Crippen LogP contribution in [0.2, 0.25) is 0 Å². The topological polar surface area (TPSA) is 110 Å². The molecule has 58 heavy (non-hydrogen) atoms. The van der Waals surface area contributed by atoms with Crippen molar-refractivity contribution in [3.8, 4) is 11.5 Å². The zero-order valence-electron chi connectivity index (χ0n) is 35.0. The monoisotopic (exact) mass is 816 g/mol. The quantitative estimate of drug-likeness (QED) is 0.0467. The molecule has 2 N–H and O–H groups in total. The van der Waals surface area contributed by atoms with Gasteiger partial charge in [0, 0.05) is 54.7 Å². The molecule has 318 valence electrons. The van der Waals surface area contributed by atoms with Crippen LogP contribution in [-0.4, -0.2) is 83.9 Å². The fraction of sp³-hybridized carbons (Fsp3) is 0.625. The summed E-state index contributed by atoms with van der Waals surface area (Å²) in [5.41, 5.74) is 2.99. The van der Waals surface area contributed by atoms with Gasteiger partial charge in [0.25, 0.3) is 0 Å². The number of allylic oxidation sites excluding steroid dienone is 1. The van der Waals surface area contributed by atoms with Gasteiger partial charge in [-0.25, -0.2) is 0 Å². The van der Waals surface area contributed by atoms with Crippen molar-refractivity contribution in [3.63, 3.8) is 0 Å². The third-order valence-electron chi connectivity index (χ3n) is 12.7. The van der Waals surface area contributed by atoms with Crippen LogP contribution in [0.25, 0.3) is 0 Å². The molecule has 1 aliphatic heterocycles. The van der Waals surface area contributed by atoms with Crippen LogP contribution in [0.1, 0.15) is 115 Å². The van der Waals surface area contributed by atoms with Gasteiger partial charge in [0.15, 0.2) is 0 Å². The predicted molar refractivity (Wildman–Crippen MR) is 232 cm³/mol. The number of ether oxygens (including phenoxy) is 3. The fourth-order valence-corrected chi connectivity index (χ4v) is 10.9. The maximum Gasteiger partial charge on any atom is 0.239 e. The highest BCUT2D eigenvalue weighted by atomic mass is 32.2. The number of thioether (sulfide) groups is 1. The smallest absolute Gasteiger partial charge is 0.239 e. The van der Waals surface area contributed by atoms with Crippen molar-refractivity contribution in [2.75, 3.05) is 45.3 Å². The van der Waals surface area contributed by atoms with Crippen LogP contribution in [0.5, 0.6) is 11.5 Å². The van der Waals surface area contributed by atoms with Crippen LogP contribution in [0, 0.1) is 23.7 Å². The molecule has 10 heteroatoms. The molecule has 0 bridgehead atoms. The Hall–Kier alpha value is -3.31. The number of nitrogens with zero attached hydrogens (tertiary/aromatic N) is 2. The molecular formula is C48H68N2O7S. The Kier molecular flexibility index (Phi) is 17.0. The molecule has 6 rings (SSSR count). The Bertz CT molecular complexity index is 1660. The largest absolute Gasteiger partial charge is 0.493 e. The molecule has 2 aromatic rings. The van der Waals surface area contributed by atoms with Crippen molar-refractivity contribution in [1.82, 2.24) is 4.90 Å². The molecule has 6 atom stereocenters. The molecule has 0 saturated heterocycles. The van der Waals surface area contributed by atoms with E-state index >= 15 is 0 Å². The number of hydrogen-bond donors (Lipinski definition) is 2. The molecule has 0 radical (unpaired) electrons. The highest BCUT2D eigenvalue weighted by molar-refractivity contribution is 7.99. The Labute approximate surface area is 351 Å². The van der Waals surface area contributed by atoms with Gasteiger partial charge >= 0.3 is 0 Å². The van der Waals surface area contributed by atoms with Gasteiger partial charge in [-0.1, -0.05) is 81.0 Å². The second-order valence-corrected chi connectivity index (χ2v) is 17.6. The van der Waals surface area contributed by atoms with Crippen LogP contribution < -0.4 is 9.47 Å². The second kappa shape index (κ2) is 22.3. The molecule has 2 fully saturated rings. The number of aliphatic hydroxyl groups is 2. The zero-order chi connectivity index (χ0) is 40.7. The SMILES string of the molecule is C=CCO[C@@]12Oc3ccc(OCCSc4ccccc4)cc3[C@H]3[C@H](CCCCO)[C@@H](CCCCO)C=C(C(=NOCC)C[C@@H]1N(CCC)C(=O)CCC1CCCC1)[C@H]32. The van der Waals surface area contributed by atoms with E-state index in [0.29, 0.717) is 38.5 Å². The second-order valence-electron chi connectivity index (χ2n) is 16.5. The number of rotatable bonds is 24. The minimum Gasteiger partial charge on any atom is -0.493 e. The van der Waals surface area contributed by atoms with E-state index in [2.05, 4.69) is 54.8 Å². The Morgan fingerprint density at radius 2 is 1.81 bits per heavy atom. The van der Waals surface area contributed by atoms with Gasteiger partial charge < -0.3 is 34.2 Å². The molecule has 1 heterocycles. The van der Waals surface area contributed by atoms with E-state index in [9.17, 15) is 15.0 Å². The lowest BCUT2D eigenvalue weighted by Crippen LogP contribution is -2.70. The maximum atomic E-state index is 14.6. The fourth-order valence-electron chi connectivity index (χ4n) is 10.2. The van der Waals surface area contributed by atoms with E-state index in [4.69, 9.17) is 24.2 Å². The standard InChI is InChI=1S/C48H68N2O7S/c1-4-26-50(45(53)25-22-35-16-10-11-17-35)44-34-42(49-56-6-3)40-32-36(18-12-14-27-51)39(21-13-15-28-52)46-41-33-37(54-30-31-58-38-19-8-7-9-20-38)23-24-43(41)57-48(44,47(40)46)55-29-5-2/h5,7-9,19-20,23-24,32-33,35-36,39,44,46-47,51-52H,2,4,6,10-18,21-22,25-31,34H2,1,3H3/t36-,39+,44-,46+,47+,48+/m0/s1. The van der Waals surface area contributed by atoms with Crippen molar-refractivity contribution in [3.05, 3.63) is 78.4 Å². The minimum atomic E-state index is -1.22. The van der Waals surface area contributed by atoms with E-state index in [0.717, 1.165) is 85.5 Å². The summed E-state index contributed by atoms with van der Waals surface area (Å²) in [6.07, 6.45) is 16.8. The molecule has 0 aromatic heterocycles. The summed E-state index contributed by atoms with van der Waals surface area (Å²) < 4.78 is 21.0. The Balaban J connectivity index is 1.46. The maximum absolute atomic E-state index is 14.6. The van der Waals surface area contributed by atoms with E-state index < -0.39 is 11.8 Å². The Morgan fingerprint density at radius 3 is 2.53 bits per heavy atom. The van der Waals surface area contributed by atoms with Crippen molar-refractivity contribution in [1.29, 1.82) is 0 Å². The molecule has 1 amide bonds. The average molecular weight is 817 g/mol. The summed E-state index contributed by atoms with van der Waals surface area (Å²) in [6.45, 7) is 10.3. The summed E-state index contributed by atoms with van der Waals surface area (Å²) in [5.74, 6) is 1.86. The van der Waals surface area contributed by atoms with E-state index in [1.54, 1.807) is 17.8 Å². The highest BCUT2D eigenvalue weighted by Crippen LogP contribution is 2.62. The first-order valence-corrected chi connectivity index (χ1v) is 23.3. The number of carbonyl (C=O) groups is 1. The number of benzene rings is 2. The first-order valence-electron chi connectivity index (χ1n) is 22.3. The van der Waals surface area contributed by atoms with Crippen LogP contribution in [0.4, 0.5) is 0 Å². The third-order valence-corrected chi connectivity index (χ3v) is 13.7. The van der Waals surface area contributed by atoms with Gasteiger partial charge in [-0.3, -0.25) is 4.79 Å². The van der Waals surface area contributed by atoms with Crippen molar-refractivity contribution < 1.29 is 34.1 Å². The van der Waals surface area contributed by atoms with Gasteiger partial charge in [-0.2, -0.15) is 0 Å². The van der Waals surface area contributed by atoms with Crippen LogP contribution >= 0.6 is 11.8 Å². The number of fused-ring (bicyclic) bond motifs is 2. The number of oxime groups is 1. The predicted octanol–water partition coefficient (Wildman–Crippen LogP) is 9.72. The number of hydrogen-bond acceptors (Lipinski definition) is 9. The molecule has 2 saturated carbocycles. The average Bonchev–Trinajstić information content (AvgIpc) is 3.78. The number of carbonyl (C=O) groups excluding carboxylic acids is 1. The molecular weight excluding hydrogens is 749 g/mol. The third kappa shape index (κ3) is 10.5. The first kappa shape index (κ1) is 44.2. The summed E-state index contributed by atoms with van der Waals surface area (Å²) in [4.78, 5) is 23.8. The molecule has 3 aliphatic carbocycles. The first-order chi connectivity index (χ1) is 28.5. The lowest BCUT2D eigenvalue weighted by atomic mass is 9.55. The minimum absolute atomic E-state index is 0.0691. The Morgan fingerprint density at radius 1 is 1.03 bits per heavy atom. The van der Waals surface area contributed by atoms with Crippen LogP contribution in [0.3, 0.4) is 0 Å². The molecule has 2 aromatic carbocycles. The summed E-state index contributed by atoms with van der Waals surface area (Å²) in [6, 6.07) is 16.1. The van der Waals surface area contributed by atoms with E-state index in [-0.39, 0.29) is 49.4 Å². The zero-order valence-corrected chi connectivity index (χ0v) is 35.8. The summed E-state index contributed by atoms with van der Waals surface area (Å²) >= 11 is 1.78.